The van der Waals surface area contributed by atoms with Crippen LogP contribution in [0.2, 0.25) is 0 Å². The first-order chi connectivity index (χ1) is 12.1. The maximum Gasteiger partial charge on any atom is 0.262 e. The lowest BCUT2D eigenvalue weighted by atomic mass is 10.1. The molecule has 0 fully saturated rings. The van der Waals surface area contributed by atoms with E-state index < -0.39 is 0 Å². The van der Waals surface area contributed by atoms with Crippen molar-refractivity contribution in [3.63, 3.8) is 0 Å². The number of benzene rings is 2. The van der Waals surface area contributed by atoms with Crippen molar-refractivity contribution in [2.24, 2.45) is 0 Å². The molecule has 0 aliphatic carbocycles. The SMILES string of the molecule is CCC(C)NC(=O)c1ccc2c(c1)NC(=O)/C(=C\c1ccccc1)S2. The molecule has 1 aliphatic heterocycles. The average molecular weight is 352 g/mol. The summed E-state index contributed by atoms with van der Waals surface area (Å²) < 4.78 is 0. The standard InChI is InChI=1S/C20H20N2O2S/c1-3-13(2)21-19(23)15-9-10-17-16(12-15)22-20(24)18(25-17)11-14-7-5-4-6-8-14/h4-13H,3H2,1-2H3,(H,21,23)(H,22,24)/b18-11+. The lowest BCUT2D eigenvalue weighted by molar-refractivity contribution is -0.112. The summed E-state index contributed by atoms with van der Waals surface area (Å²) in [6.07, 6.45) is 2.74. The number of hydrogen-bond acceptors (Lipinski definition) is 3. The molecule has 2 amide bonds. The second kappa shape index (κ2) is 7.57. The van der Waals surface area contributed by atoms with Crippen molar-refractivity contribution in [1.82, 2.24) is 5.32 Å². The van der Waals surface area contributed by atoms with E-state index >= 15 is 0 Å². The first kappa shape index (κ1) is 17.3. The summed E-state index contributed by atoms with van der Waals surface area (Å²) in [6, 6.07) is 15.3. The van der Waals surface area contributed by atoms with E-state index in [4.69, 9.17) is 0 Å². The molecule has 0 saturated heterocycles. The number of rotatable bonds is 4. The molecule has 1 unspecified atom stereocenters. The summed E-state index contributed by atoms with van der Waals surface area (Å²) >= 11 is 1.42. The maximum atomic E-state index is 12.4. The molecule has 0 bridgehead atoms. The highest BCUT2D eigenvalue weighted by Crippen LogP contribution is 2.39. The summed E-state index contributed by atoms with van der Waals surface area (Å²) in [4.78, 5) is 26.2. The van der Waals surface area contributed by atoms with E-state index in [2.05, 4.69) is 10.6 Å². The van der Waals surface area contributed by atoms with Gasteiger partial charge in [-0.15, -0.1) is 0 Å². The van der Waals surface area contributed by atoms with Gasteiger partial charge in [-0.25, -0.2) is 0 Å². The van der Waals surface area contributed by atoms with E-state index in [-0.39, 0.29) is 17.9 Å². The zero-order valence-electron chi connectivity index (χ0n) is 14.2. The average Bonchev–Trinajstić information content (AvgIpc) is 2.62. The van der Waals surface area contributed by atoms with Crippen molar-refractivity contribution < 1.29 is 9.59 Å². The molecular formula is C20H20N2O2S. The molecule has 25 heavy (non-hydrogen) atoms. The molecule has 5 heteroatoms. The number of thioether (sulfide) groups is 1. The fraction of sp³-hybridized carbons (Fsp3) is 0.200. The molecule has 128 valence electrons. The van der Waals surface area contributed by atoms with Crippen LogP contribution in [0, 0.1) is 0 Å². The number of carbonyl (C=O) groups is 2. The highest BCUT2D eigenvalue weighted by Gasteiger charge is 2.22. The molecule has 0 saturated carbocycles. The predicted molar refractivity (Wildman–Crippen MR) is 103 cm³/mol. The lowest BCUT2D eigenvalue weighted by Gasteiger charge is -2.20. The molecule has 4 nitrogen and oxygen atoms in total. The zero-order chi connectivity index (χ0) is 17.8. The topological polar surface area (TPSA) is 58.2 Å². The third-order valence-electron chi connectivity index (χ3n) is 4.02. The van der Waals surface area contributed by atoms with Crippen LogP contribution in [0.4, 0.5) is 5.69 Å². The van der Waals surface area contributed by atoms with E-state index in [0.717, 1.165) is 16.9 Å². The second-order valence-electron chi connectivity index (χ2n) is 5.97. The normalized spacial score (nSPS) is 16.1. The van der Waals surface area contributed by atoms with E-state index in [1.54, 1.807) is 12.1 Å². The molecule has 1 aliphatic rings. The van der Waals surface area contributed by atoms with Gasteiger partial charge in [0.2, 0.25) is 0 Å². The van der Waals surface area contributed by atoms with Crippen molar-refractivity contribution in [2.45, 2.75) is 31.2 Å². The number of anilines is 1. The highest BCUT2D eigenvalue weighted by atomic mass is 32.2. The summed E-state index contributed by atoms with van der Waals surface area (Å²) in [5, 5.41) is 5.82. The van der Waals surface area contributed by atoms with Crippen molar-refractivity contribution in [2.75, 3.05) is 5.32 Å². The van der Waals surface area contributed by atoms with Crippen LogP contribution in [0.5, 0.6) is 0 Å². The molecule has 2 N–H and O–H groups in total. The Hall–Kier alpha value is -2.53. The molecule has 2 aromatic rings. The summed E-state index contributed by atoms with van der Waals surface area (Å²) in [6.45, 7) is 3.99. The third kappa shape index (κ3) is 4.12. The van der Waals surface area contributed by atoms with Gasteiger partial charge in [0.05, 0.1) is 10.6 Å². The smallest absolute Gasteiger partial charge is 0.262 e. The largest absolute Gasteiger partial charge is 0.350 e. The Balaban J connectivity index is 1.82. The van der Waals surface area contributed by atoms with E-state index in [1.165, 1.54) is 11.8 Å². The van der Waals surface area contributed by atoms with E-state index in [9.17, 15) is 9.59 Å². The third-order valence-corrected chi connectivity index (χ3v) is 5.12. The van der Waals surface area contributed by atoms with Crippen molar-refractivity contribution in [3.8, 4) is 0 Å². The fourth-order valence-corrected chi connectivity index (χ4v) is 3.34. The van der Waals surface area contributed by atoms with Crippen LogP contribution in [0.3, 0.4) is 0 Å². The monoisotopic (exact) mass is 352 g/mol. The first-order valence-corrected chi connectivity index (χ1v) is 9.09. The first-order valence-electron chi connectivity index (χ1n) is 8.27. The highest BCUT2D eigenvalue weighted by molar-refractivity contribution is 8.04. The molecule has 0 radical (unpaired) electrons. The van der Waals surface area contributed by atoms with Crippen molar-refractivity contribution >= 4 is 35.3 Å². The van der Waals surface area contributed by atoms with Gasteiger partial charge in [-0.1, -0.05) is 49.0 Å². The molecular weight excluding hydrogens is 332 g/mol. The van der Waals surface area contributed by atoms with Crippen LogP contribution in [-0.4, -0.2) is 17.9 Å². The van der Waals surface area contributed by atoms with Crippen LogP contribution in [0.15, 0.2) is 58.3 Å². The van der Waals surface area contributed by atoms with Gasteiger partial charge in [0, 0.05) is 16.5 Å². The minimum atomic E-state index is -0.152. The van der Waals surface area contributed by atoms with Gasteiger partial charge in [-0.2, -0.15) is 0 Å². The summed E-state index contributed by atoms with van der Waals surface area (Å²) in [5.74, 6) is -0.275. The predicted octanol–water partition coefficient (Wildman–Crippen LogP) is 4.30. The molecule has 0 spiro atoms. The van der Waals surface area contributed by atoms with Gasteiger partial charge in [0.25, 0.3) is 11.8 Å². The van der Waals surface area contributed by atoms with Gasteiger partial charge in [0.1, 0.15) is 0 Å². The van der Waals surface area contributed by atoms with Gasteiger partial charge in [-0.3, -0.25) is 9.59 Å². The minimum absolute atomic E-state index is 0.118. The minimum Gasteiger partial charge on any atom is -0.350 e. The van der Waals surface area contributed by atoms with Crippen LogP contribution < -0.4 is 10.6 Å². The second-order valence-corrected chi connectivity index (χ2v) is 7.05. The molecule has 3 rings (SSSR count). The summed E-state index contributed by atoms with van der Waals surface area (Å²) in [5.41, 5.74) is 2.21. The van der Waals surface area contributed by atoms with Gasteiger partial charge < -0.3 is 10.6 Å². The zero-order valence-corrected chi connectivity index (χ0v) is 15.0. The number of hydrogen-bond donors (Lipinski definition) is 2. The number of fused-ring (bicyclic) bond motifs is 1. The Morgan fingerprint density at radius 3 is 2.72 bits per heavy atom. The summed E-state index contributed by atoms with van der Waals surface area (Å²) in [7, 11) is 0. The molecule has 1 heterocycles. The Morgan fingerprint density at radius 2 is 2.00 bits per heavy atom. The Morgan fingerprint density at radius 1 is 1.24 bits per heavy atom. The Kier molecular flexibility index (Phi) is 5.24. The number of carbonyl (C=O) groups excluding carboxylic acids is 2. The van der Waals surface area contributed by atoms with Gasteiger partial charge in [-0.05, 0) is 43.2 Å². The lowest BCUT2D eigenvalue weighted by Crippen LogP contribution is -2.32. The molecule has 2 aromatic carbocycles. The number of amides is 2. The number of nitrogens with one attached hydrogen (secondary N) is 2. The van der Waals surface area contributed by atoms with Crippen molar-refractivity contribution in [1.29, 1.82) is 0 Å². The maximum absolute atomic E-state index is 12.4. The van der Waals surface area contributed by atoms with Crippen LogP contribution in [0.1, 0.15) is 36.2 Å². The van der Waals surface area contributed by atoms with Crippen molar-refractivity contribution in [3.05, 3.63) is 64.6 Å². The van der Waals surface area contributed by atoms with Crippen LogP contribution in [-0.2, 0) is 4.79 Å². The van der Waals surface area contributed by atoms with E-state index in [0.29, 0.717) is 16.2 Å². The van der Waals surface area contributed by atoms with Gasteiger partial charge in [0.15, 0.2) is 0 Å². The van der Waals surface area contributed by atoms with Crippen LogP contribution in [0.25, 0.3) is 6.08 Å². The Bertz CT molecular complexity index is 831. The quantitative estimate of drug-likeness (QED) is 0.807. The fourth-order valence-electron chi connectivity index (χ4n) is 2.41. The molecule has 0 aromatic heterocycles. The van der Waals surface area contributed by atoms with Gasteiger partial charge >= 0.3 is 0 Å². The Labute approximate surface area is 151 Å². The van der Waals surface area contributed by atoms with E-state index in [1.807, 2.05) is 56.3 Å². The molecule has 1 atom stereocenters. The van der Waals surface area contributed by atoms with Crippen LogP contribution >= 0.6 is 11.8 Å².